The van der Waals surface area contributed by atoms with Crippen LogP contribution in [0.1, 0.15) is 57.4 Å². The van der Waals surface area contributed by atoms with Crippen LogP contribution in [0.3, 0.4) is 0 Å². The Hall–Kier alpha value is -2.65. The number of anilines is 3. The van der Waals surface area contributed by atoms with Gasteiger partial charge >= 0.3 is 0 Å². The van der Waals surface area contributed by atoms with E-state index in [1.54, 1.807) is 6.20 Å². The highest BCUT2D eigenvalue weighted by atomic mass is 35.5. The number of rotatable bonds is 6. The normalized spacial score (nSPS) is 21.1. The van der Waals surface area contributed by atoms with Crippen molar-refractivity contribution in [2.24, 2.45) is 11.7 Å². The number of nitrogens with two attached hydrogens (primary N) is 1. The summed E-state index contributed by atoms with van der Waals surface area (Å²) in [4.78, 5) is 25.7. The first-order valence-corrected chi connectivity index (χ1v) is 12.4. The summed E-state index contributed by atoms with van der Waals surface area (Å²) >= 11 is 12.6. The first kappa shape index (κ1) is 23.1. The van der Waals surface area contributed by atoms with Crippen molar-refractivity contribution in [1.29, 1.82) is 0 Å². The molecule has 0 atom stereocenters. The average molecular weight is 506 g/mol. The molecule has 180 valence electrons. The lowest BCUT2D eigenvalue weighted by Crippen LogP contribution is -2.28. The van der Waals surface area contributed by atoms with Gasteiger partial charge in [-0.3, -0.25) is 9.36 Å². The number of halogens is 3. The third-order valence-electron chi connectivity index (χ3n) is 6.83. The molecular formula is C23H26Cl2FN7O. The van der Waals surface area contributed by atoms with Gasteiger partial charge in [0.1, 0.15) is 11.3 Å². The highest BCUT2D eigenvalue weighted by Gasteiger charge is 2.29. The molecule has 0 aliphatic heterocycles. The number of carbonyl (C=O) groups excluding carboxylic acids is 1. The van der Waals surface area contributed by atoms with Crippen molar-refractivity contribution in [2.45, 2.75) is 63.5 Å². The average Bonchev–Trinajstić information content (AvgIpc) is 3.43. The molecule has 4 N–H and O–H groups in total. The fourth-order valence-electron chi connectivity index (χ4n) is 5.04. The zero-order valence-corrected chi connectivity index (χ0v) is 20.0. The molecule has 0 spiro atoms. The van der Waals surface area contributed by atoms with E-state index in [1.165, 1.54) is 25.0 Å². The summed E-state index contributed by atoms with van der Waals surface area (Å²) in [6, 6.07) is 2.80. The van der Waals surface area contributed by atoms with E-state index in [2.05, 4.69) is 15.6 Å². The maximum Gasteiger partial charge on any atom is 0.224 e. The smallest absolute Gasteiger partial charge is 0.224 e. The van der Waals surface area contributed by atoms with Crippen molar-refractivity contribution in [2.75, 3.05) is 10.6 Å². The lowest BCUT2D eigenvalue weighted by atomic mass is 9.85. The minimum absolute atomic E-state index is 0.0373. The van der Waals surface area contributed by atoms with Gasteiger partial charge in [-0.05, 0) is 50.7 Å². The van der Waals surface area contributed by atoms with Crippen LogP contribution in [-0.4, -0.2) is 31.5 Å². The topological polar surface area (TPSA) is 111 Å². The first-order chi connectivity index (χ1) is 16.4. The number of nitrogens with one attached hydrogen (secondary N) is 2. The van der Waals surface area contributed by atoms with Crippen LogP contribution in [0.4, 0.5) is 22.0 Å². The van der Waals surface area contributed by atoms with E-state index in [0.29, 0.717) is 47.6 Å². The molecule has 34 heavy (non-hydrogen) atoms. The predicted octanol–water partition coefficient (Wildman–Crippen LogP) is 5.59. The van der Waals surface area contributed by atoms with E-state index < -0.39 is 5.82 Å². The van der Waals surface area contributed by atoms with Crippen molar-refractivity contribution in [3.05, 3.63) is 34.2 Å². The van der Waals surface area contributed by atoms with Crippen LogP contribution in [0.5, 0.6) is 0 Å². The minimum atomic E-state index is -0.521. The molecule has 2 aliphatic rings. The molecule has 1 aromatic carbocycles. The maximum atomic E-state index is 13.7. The number of hydrogen-bond acceptors (Lipinski definition) is 6. The molecule has 0 unspecified atom stereocenters. The molecule has 2 aliphatic carbocycles. The van der Waals surface area contributed by atoms with Crippen molar-refractivity contribution in [1.82, 2.24) is 19.5 Å². The van der Waals surface area contributed by atoms with Crippen LogP contribution in [-0.2, 0) is 4.79 Å². The van der Waals surface area contributed by atoms with E-state index in [1.807, 2.05) is 4.57 Å². The minimum Gasteiger partial charge on any atom is -0.369 e. The quantitative estimate of drug-likeness (QED) is 0.402. The molecular weight excluding hydrogens is 480 g/mol. The molecule has 8 nitrogen and oxygen atoms in total. The second kappa shape index (κ2) is 9.54. The van der Waals surface area contributed by atoms with Gasteiger partial charge in [0.2, 0.25) is 17.8 Å². The molecule has 0 saturated heterocycles. The lowest BCUT2D eigenvalue weighted by molar-refractivity contribution is -0.122. The zero-order valence-electron chi connectivity index (χ0n) is 18.5. The lowest BCUT2D eigenvalue weighted by Gasteiger charge is -2.29. The molecule has 0 bridgehead atoms. The second-order valence-corrected chi connectivity index (χ2v) is 9.93. The molecule has 1 amide bonds. The SMILES string of the molecule is NC(=O)[C@H]1CC[C@H](n2c(Nc3c(Cl)cc(F)cc3Cl)nc3cnc(NC4CCCC4)nc32)CC1. The Balaban J connectivity index is 1.54. The van der Waals surface area contributed by atoms with Gasteiger partial charge in [0.25, 0.3) is 0 Å². The number of nitrogens with zero attached hydrogens (tertiary/aromatic N) is 4. The maximum absolute atomic E-state index is 13.7. The number of primary amides is 1. The molecule has 2 aromatic heterocycles. The van der Waals surface area contributed by atoms with Crippen molar-refractivity contribution in [3.8, 4) is 0 Å². The summed E-state index contributed by atoms with van der Waals surface area (Å²) < 4.78 is 15.7. The standard InChI is InChI=1S/C23H26Cl2FN7O/c24-16-9-13(26)10-17(25)19(16)31-23-30-18-11-28-22(29-14-3-1-2-4-14)32-21(18)33(23)15-7-5-12(6-8-15)20(27)34/h9-12,14-15H,1-8H2,(H2,27,34)(H,30,31)(H,28,29,32)/t12-,15-. The summed E-state index contributed by atoms with van der Waals surface area (Å²) in [6.07, 6.45) is 9.18. The van der Waals surface area contributed by atoms with E-state index in [4.69, 9.17) is 38.9 Å². The Bertz CT molecular complexity index is 1200. The van der Waals surface area contributed by atoms with Crippen molar-refractivity contribution in [3.63, 3.8) is 0 Å². The van der Waals surface area contributed by atoms with Gasteiger partial charge in [-0.15, -0.1) is 0 Å². The van der Waals surface area contributed by atoms with E-state index in [0.717, 1.165) is 25.7 Å². The van der Waals surface area contributed by atoms with Gasteiger partial charge in [0.05, 0.1) is 21.9 Å². The first-order valence-electron chi connectivity index (χ1n) is 11.6. The van der Waals surface area contributed by atoms with Gasteiger partial charge in [-0.25, -0.2) is 14.4 Å². The summed E-state index contributed by atoms with van der Waals surface area (Å²) in [7, 11) is 0. The Morgan fingerprint density at radius 2 is 1.74 bits per heavy atom. The fourth-order valence-corrected chi connectivity index (χ4v) is 5.59. The summed E-state index contributed by atoms with van der Waals surface area (Å²) in [5.74, 6) is 0.142. The van der Waals surface area contributed by atoms with Gasteiger partial charge in [0.15, 0.2) is 5.65 Å². The van der Waals surface area contributed by atoms with Gasteiger partial charge < -0.3 is 16.4 Å². The fraction of sp³-hybridized carbons (Fsp3) is 0.478. The molecule has 3 aromatic rings. The number of amides is 1. The van der Waals surface area contributed by atoms with Crippen LogP contribution in [0.2, 0.25) is 10.0 Å². The monoisotopic (exact) mass is 505 g/mol. The Morgan fingerprint density at radius 3 is 2.38 bits per heavy atom. The van der Waals surface area contributed by atoms with Gasteiger partial charge in [0, 0.05) is 18.0 Å². The summed E-state index contributed by atoms with van der Waals surface area (Å²) in [5.41, 5.74) is 7.20. The van der Waals surface area contributed by atoms with E-state index >= 15 is 0 Å². The Labute approximate surface area is 206 Å². The van der Waals surface area contributed by atoms with Crippen molar-refractivity contribution < 1.29 is 9.18 Å². The molecule has 2 saturated carbocycles. The predicted molar refractivity (Wildman–Crippen MR) is 131 cm³/mol. The van der Waals surface area contributed by atoms with Crippen LogP contribution in [0.15, 0.2) is 18.3 Å². The van der Waals surface area contributed by atoms with E-state index in [9.17, 15) is 9.18 Å². The third-order valence-corrected chi connectivity index (χ3v) is 7.43. The Kier molecular flexibility index (Phi) is 6.48. The van der Waals surface area contributed by atoms with Crippen LogP contribution >= 0.6 is 23.2 Å². The second-order valence-electron chi connectivity index (χ2n) is 9.11. The highest BCUT2D eigenvalue weighted by molar-refractivity contribution is 6.39. The molecule has 11 heteroatoms. The number of hydrogen-bond donors (Lipinski definition) is 3. The van der Waals surface area contributed by atoms with Crippen LogP contribution in [0.25, 0.3) is 11.2 Å². The van der Waals surface area contributed by atoms with E-state index in [-0.39, 0.29) is 27.9 Å². The highest BCUT2D eigenvalue weighted by Crippen LogP contribution is 2.39. The van der Waals surface area contributed by atoms with Gasteiger partial charge in [-0.2, -0.15) is 4.98 Å². The van der Waals surface area contributed by atoms with Crippen LogP contribution < -0.4 is 16.4 Å². The number of carbonyl (C=O) groups is 1. The van der Waals surface area contributed by atoms with Gasteiger partial charge in [-0.1, -0.05) is 36.0 Å². The zero-order chi connectivity index (χ0) is 23.8. The van der Waals surface area contributed by atoms with Crippen LogP contribution in [0, 0.1) is 11.7 Å². The summed E-state index contributed by atoms with van der Waals surface area (Å²) in [6.45, 7) is 0. The number of benzene rings is 1. The molecule has 2 heterocycles. The molecule has 0 radical (unpaired) electrons. The largest absolute Gasteiger partial charge is 0.369 e. The number of imidazole rings is 1. The van der Waals surface area contributed by atoms with Crippen molar-refractivity contribution >= 4 is 57.9 Å². The molecule has 5 rings (SSSR count). The number of aromatic nitrogens is 4. The number of fused-ring (bicyclic) bond motifs is 1. The summed E-state index contributed by atoms with van der Waals surface area (Å²) in [5, 5.41) is 6.93. The molecule has 2 fully saturated rings. The Morgan fingerprint density at radius 1 is 1.06 bits per heavy atom. The third kappa shape index (κ3) is 4.63.